The van der Waals surface area contributed by atoms with Crippen LogP contribution in [0, 0.1) is 0 Å². The van der Waals surface area contributed by atoms with Gasteiger partial charge < -0.3 is 14.5 Å². The number of alkyl halides is 3. The molecule has 1 aromatic carbocycles. The van der Waals surface area contributed by atoms with Crippen LogP contribution in [0.3, 0.4) is 0 Å². The fourth-order valence-corrected chi connectivity index (χ4v) is 2.53. The van der Waals surface area contributed by atoms with Crippen LogP contribution in [0.2, 0.25) is 0 Å². The van der Waals surface area contributed by atoms with Crippen molar-refractivity contribution < 1.29 is 17.9 Å². The number of rotatable bonds is 5. The number of hydrogen-bond acceptors (Lipinski definition) is 3. The molecule has 0 saturated carbocycles. The van der Waals surface area contributed by atoms with Gasteiger partial charge in [0.25, 0.3) is 0 Å². The van der Waals surface area contributed by atoms with Crippen LogP contribution in [-0.4, -0.2) is 29.2 Å². The first-order chi connectivity index (χ1) is 11.5. The Morgan fingerprint density at radius 1 is 1.25 bits per heavy atom. The maximum atomic E-state index is 12.4. The third-order valence-electron chi connectivity index (χ3n) is 3.63. The number of aromatic nitrogens is 2. The van der Waals surface area contributed by atoms with Crippen LogP contribution in [0.15, 0.2) is 48.9 Å². The fraction of sp³-hybridized carbons (Fsp3) is 0.235. The Bertz CT molecular complexity index is 842. The molecule has 4 nitrogen and oxygen atoms in total. The van der Waals surface area contributed by atoms with E-state index in [-0.39, 0.29) is 6.54 Å². The Hall–Kier alpha value is -2.70. The molecule has 0 spiro atoms. The van der Waals surface area contributed by atoms with E-state index in [0.29, 0.717) is 17.1 Å². The third-order valence-corrected chi connectivity index (χ3v) is 3.63. The quantitative estimate of drug-likeness (QED) is 0.752. The van der Waals surface area contributed by atoms with Gasteiger partial charge in [0.15, 0.2) is 5.65 Å². The average molecular weight is 335 g/mol. The number of nitrogens with one attached hydrogen (secondary N) is 1. The van der Waals surface area contributed by atoms with Crippen molar-refractivity contribution in [2.24, 2.45) is 0 Å². The lowest BCUT2D eigenvalue weighted by atomic mass is 10.1. The number of fused-ring (bicyclic) bond motifs is 1. The van der Waals surface area contributed by atoms with Crippen LogP contribution in [0.25, 0.3) is 16.8 Å². The molecule has 1 N–H and O–H groups in total. The van der Waals surface area contributed by atoms with Crippen molar-refractivity contribution >= 4 is 11.3 Å². The highest BCUT2D eigenvalue weighted by atomic mass is 19.4. The number of pyridine rings is 1. The molecule has 0 radical (unpaired) electrons. The molecule has 126 valence electrons. The number of hydrogen-bond donors (Lipinski definition) is 1. The van der Waals surface area contributed by atoms with Crippen LogP contribution >= 0.6 is 0 Å². The van der Waals surface area contributed by atoms with Crippen molar-refractivity contribution in [1.82, 2.24) is 9.38 Å². The molecule has 0 aliphatic rings. The number of halogens is 3. The molecule has 3 aromatic rings. The van der Waals surface area contributed by atoms with E-state index in [0.717, 1.165) is 11.1 Å². The number of ether oxygens (including phenoxy) is 1. The molecule has 0 fully saturated rings. The van der Waals surface area contributed by atoms with E-state index >= 15 is 0 Å². The number of para-hydroxylation sites is 1. The summed E-state index contributed by atoms with van der Waals surface area (Å²) in [6, 6.07) is 9.27. The Morgan fingerprint density at radius 3 is 2.79 bits per heavy atom. The zero-order valence-corrected chi connectivity index (χ0v) is 13.0. The summed E-state index contributed by atoms with van der Waals surface area (Å²) in [6.07, 6.45) is 0.131. The summed E-state index contributed by atoms with van der Waals surface area (Å²) in [6.45, 7) is -0.207. The molecule has 0 saturated heterocycles. The van der Waals surface area contributed by atoms with Gasteiger partial charge in [0.1, 0.15) is 5.75 Å². The Balaban J connectivity index is 1.98. The summed E-state index contributed by atoms with van der Waals surface area (Å²) in [4.78, 5) is 4.20. The molecule has 2 heterocycles. The van der Waals surface area contributed by atoms with Crippen molar-refractivity contribution in [3.05, 3.63) is 48.9 Å². The van der Waals surface area contributed by atoms with Gasteiger partial charge in [-0.15, -0.1) is 0 Å². The molecule has 0 aliphatic heterocycles. The summed E-state index contributed by atoms with van der Waals surface area (Å²) >= 11 is 0. The minimum absolute atomic E-state index is 0.207. The lowest BCUT2D eigenvalue weighted by Gasteiger charge is -2.13. The summed E-state index contributed by atoms with van der Waals surface area (Å²) in [7, 11) is 1.58. The highest BCUT2D eigenvalue weighted by molar-refractivity contribution is 5.78. The van der Waals surface area contributed by atoms with Gasteiger partial charge in [0.05, 0.1) is 19.2 Å². The molecule has 0 amide bonds. The van der Waals surface area contributed by atoms with E-state index in [1.54, 1.807) is 30.0 Å². The summed E-state index contributed by atoms with van der Waals surface area (Å²) in [5.74, 6) is 0.693. The lowest BCUT2D eigenvalue weighted by molar-refractivity contribution is -0.131. The van der Waals surface area contributed by atoms with Crippen LogP contribution < -0.4 is 10.1 Å². The van der Waals surface area contributed by atoms with Gasteiger partial charge in [-0.25, -0.2) is 4.98 Å². The zero-order valence-electron chi connectivity index (χ0n) is 13.0. The number of methoxy groups -OCH3 is 1. The third kappa shape index (κ3) is 3.45. The zero-order chi connectivity index (χ0) is 17.2. The number of nitrogens with zero attached hydrogens (tertiary/aromatic N) is 2. The first-order valence-electron chi connectivity index (χ1n) is 7.38. The van der Waals surface area contributed by atoms with Gasteiger partial charge in [0.2, 0.25) is 0 Å². The minimum atomic E-state index is -4.20. The molecule has 0 aliphatic carbocycles. The average Bonchev–Trinajstić information content (AvgIpc) is 3.02. The highest BCUT2D eigenvalue weighted by Crippen LogP contribution is 2.32. The van der Waals surface area contributed by atoms with Crippen molar-refractivity contribution in [3.8, 4) is 16.9 Å². The number of imidazole rings is 1. The standard InChI is InChI=1S/C17H16F3N3O/c1-24-15-5-3-2-4-13(15)12-10-14(21-7-6-17(18,19)20)16-22-8-9-23(16)11-12/h2-5,8-11,21H,6-7H2,1H3. The molecule has 0 unspecified atom stereocenters. The van der Waals surface area contributed by atoms with Crippen LogP contribution in [0.4, 0.5) is 18.9 Å². The van der Waals surface area contributed by atoms with Gasteiger partial charge in [0, 0.05) is 36.3 Å². The van der Waals surface area contributed by atoms with E-state index in [4.69, 9.17) is 4.74 Å². The van der Waals surface area contributed by atoms with E-state index < -0.39 is 12.6 Å². The van der Waals surface area contributed by atoms with Crippen LogP contribution in [0.5, 0.6) is 5.75 Å². The van der Waals surface area contributed by atoms with Gasteiger partial charge in [-0.2, -0.15) is 13.2 Å². The van der Waals surface area contributed by atoms with E-state index in [1.807, 2.05) is 30.5 Å². The summed E-state index contributed by atoms with van der Waals surface area (Å²) in [5, 5.41) is 2.83. The number of benzene rings is 1. The van der Waals surface area contributed by atoms with Gasteiger partial charge in [-0.05, 0) is 12.1 Å². The molecular formula is C17H16F3N3O. The molecule has 2 aromatic heterocycles. The van der Waals surface area contributed by atoms with Gasteiger partial charge >= 0.3 is 6.18 Å². The lowest BCUT2D eigenvalue weighted by Crippen LogP contribution is -2.15. The molecular weight excluding hydrogens is 319 g/mol. The van der Waals surface area contributed by atoms with E-state index in [2.05, 4.69) is 10.3 Å². The maximum Gasteiger partial charge on any atom is 0.390 e. The SMILES string of the molecule is COc1ccccc1-c1cc(NCCC(F)(F)F)c2nccn2c1. The topological polar surface area (TPSA) is 38.6 Å². The first-order valence-corrected chi connectivity index (χ1v) is 7.38. The Kier molecular flexibility index (Phi) is 4.33. The van der Waals surface area contributed by atoms with Crippen molar-refractivity contribution in [1.29, 1.82) is 0 Å². The smallest absolute Gasteiger partial charge is 0.390 e. The van der Waals surface area contributed by atoms with Crippen molar-refractivity contribution in [3.63, 3.8) is 0 Å². The van der Waals surface area contributed by atoms with Gasteiger partial charge in [-0.1, -0.05) is 18.2 Å². The molecule has 24 heavy (non-hydrogen) atoms. The monoisotopic (exact) mass is 335 g/mol. The molecule has 7 heteroatoms. The largest absolute Gasteiger partial charge is 0.496 e. The maximum absolute atomic E-state index is 12.4. The number of anilines is 1. The van der Waals surface area contributed by atoms with Crippen LogP contribution in [0.1, 0.15) is 6.42 Å². The predicted molar refractivity (Wildman–Crippen MR) is 86.3 cm³/mol. The fourth-order valence-electron chi connectivity index (χ4n) is 2.53. The first kappa shape index (κ1) is 16.2. The Morgan fingerprint density at radius 2 is 2.04 bits per heavy atom. The minimum Gasteiger partial charge on any atom is -0.496 e. The Labute approximate surface area is 136 Å². The second-order valence-electron chi connectivity index (χ2n) is 5.29. The van der Waals surface area contributed by atoms with Gasteiger partial charge in [-0.3, -0.25) is 0 Å². The molecule has 3 rings (SSSR count). The second kappa shape index (κ2) is 6.43. The van der Waals surface area contributed by atoms with Crippen molar-refractivity contribution in [2.75, 3.05) is 19.0 Å². The van der Waals surface area contributed by atoms with E-state index in [9.17, 15) is 13.2 Å². The predicted octanol–water partition coefficient (Wildman–Crippen LogP) is 4.37. The second-order valence-corrected chi connectivity index (χ2v) is 5.29. The van der Waals surface area contributed by atoms with Crippen molar-refractivity contribution in [2.45, 2.75) is 12.6 Å². The van der Waals surface area contributed by atoms with Crippen LogP contribution in [-0.2, 0) is 0 Å². The normalized spacial score (nSPS) is 11.7. The summed E-state index contributed by atoms with van der Waals surface area (Å²) < 4.78 is 44.3. The molecule has 0 atom stereocenters. The summed E-state index contributed by atoms with van der Waals surface area (Å²) in [5.41, 5.74) is 2.81. The molecule has 0 bridgehead atoms. The van der Waals surface area contributed by atoms with E-state index in [1.165, 1.54) is 0 Å². The highest BCUT2D eigenvalue weighted by Gasteiger charge is 2.26.